The maximum absolute atomic E-state index is 12.3. The number of benzene rings is 2. The Morgan fingerprint density at radius 3 is 2.30 bits per heavy atom. The van der Waals surface area contributed by atoms with E-state index in [0.717, 1.165) is 12.0 Å². The van der Waals surface area contributed by atoms with Crippen LogP contribution < -0.4 is 15.4 Å². The molecule has 2 N–H and O–H groups in total. The Balaban J connectivity index is 1.79. The van der Waals surface area contributed by atoms with E-state index in [-0.39, 0.29) is 18.4 Å². The van der Waals surface area contributed by atoms with Crippen molar-refractivity contribution in [3.8, 4) is 5.75 Å². The highest BCUT2D eigenvalue weighted by molar-refractivity contribution is 5.98. The average molecular weight is 412 g/mol. The fourth-order valence-corrected chi connectivity index (χ4v) is 2.96. The summed E-state index contributed by atoms with van der Waals surface area (Å²) in [5.74, 6) is -0.960. The molecule has 7 nitrogen and oxygen atoms in total. The van der Waals surface area contributed by atoms with Crippen molar-refractivity contribution in [1.82, 2.24) is 10.6 Å². The Hall–Kier alpha value is -3.35. The number of carbonyl (C=O) groups excluding carboxylic acids is 3. The topological polar surface area (TPSA) is 93.7 Å². The fourth-order valence-electron chi connectivity index (χ4n) is 2.96. The number of para-hydroxylation sites is 1. The van der Waals surface area contributed by atoms with Crippen molar-refractivity contribution < 1.29 is 23.9 Å². The van der Waals surface area contributed by atoms with E-state index in [1.165, 1.54) is 14.0 Å². The summed E-state index contributed by atoms with van der Waals surface area (Å²) < 4.78 is 10.3. The molecule has 0 saturated heterocycles. The van der Waals surface area contributed by atoms with Gasteiger partial charge in [-0.3, -0.25) is 14.4 Å². The Kier molecular flexibility index (Phi) is 8.87. The number of methoxy groups -OCH3 is 1. The van der Waals surface area contributed by atoms with Gasteiger partial charge >= 0.3 is 5.97 Å². The minimum atomic E-state index is -0.964. The van der Waals surface area contributed by atoms with Crippen LogP contribution in [-0.4, -0.2) is 44.1 Å². The predicted molar refractivity (Wildman–Crippen MR) is 113 cm³/mol. The second-order valence-corrected chi connectivity index (χ2v) is 6.78. The van der Waals surface area contributed by atoms with Crippen LogP contribution in [0.5, 0.6) is 5.75 Å². The molecule has 2 amide bonds. The minimum absolute atomic E-state index is 0.179. The molecule has 2 aromatic carbocycles. The molecular weight excluding hydrogens is 384 g/mol. The maximum atomic E-state index is 12.3. The summed E-state index contributed by atoms with van der Waals surface area (Å²) >= 11 is 0. The van der Waals surface area contributed by atoms with Gasteiger partial charge in [-0.05, 0) is 31.0 Å². The SMILES string of the molecule is CC[C@H](CNC(=O)[C@H](C)OC(=O)CNC(=O)c1ccccc1OC)c1ccccc1. The molecular formula is C23H28N2O5. The van der Waals surface area contributed by atoms with Crippen molar-refractivity contribution >= 4 is 17.8 Å². The summed E-state index contributed by atoms with van der Waals surface area (Å²) in [6.07, 6.45) is -0.0954. The lowest BCUT2D eigenvalue weighted by atomic mass is 9.96. The Morgan fingerprint density at radius 2 is 1.63 bits per heavy atom. The largest absolute Gasteiger partial charge is 0.496 e. The van der Waals surface area contributed by atoms with E-state index in [1.807, 2.05) is 30.3 Å². The van der Waals surface area contributed by atoms with E-state index >= 15 is 0 Å². The minimum Gasteiger partial charge on any atom is -0.496 e. The van der Waals surface area contributed by atoms with Gasteiger partial charge in [0, 0.05) is 12.5 Å². The molecule has 160 valence electrons. The van der Waals surface area contributed by atoms with Gasteiger partial charge in [0.25, 0.3) is 11.8 Å². The van der Waals surface area contributed by atoms with Gasteiger partial charge in [-0.1, -0.05) is 49.4 Å². The summed E-state index contributed by atoms with van der Waals surface area (Å²) in [5.41, 5.74) is 1.45. The van der Waals surface area contributed by atoms with Gasteiger partial charge in [0.05, 0.1) is 12.7 Å². The second-order valence-electron chi connectivity index (χ2n) is 6.78. The zero-order chi connectivity index (χ0) is 21.9. The summed E-state index contributed by atoms with van der Waals surface area (Å²) in [6, 6.07) is 16.6. The molecule has 0 radical (unpaired) electrons. The van der Waals surface area contributed by atoms with Crippen LogP contribution in [0.2, 0.25) is 0 Å². The van der Waals surface area contributed by atoms with E-state index in [2.05, 4.69) is 17.6 Å². The first-order valence-corrected chi connectivity index (χ1v) is 9.89. The molecule has 2 rings (SSSR count). The van der Waals surface area contributed by atoms with Gasteiger partial charge in [0.1, 0.15) is 12.3 Å². The van der Waals surface area contributed by atoms with Crippen molar-refractivity contribution in [1.29, 1.82) is 0 Å². The molecule has 2 aromatic rings. The van der Waals surface area contributed by atoms with Gasteiger partial charge in [-0.2, -0.15) is 0 Å². The summed E-state index contributed by atoms with van der Waals surface area (Å²) in [4.78, 5) is 36.5. The molecule has 0 aliphatic rings. The highest BCUT2D eigenvalue weighted by atomic mass is 16.5. The Morgan fingerprint density at radius 1 is 0.967 bits per heavy atom. The number of hydrogen-bond acceptors (Lipinski definition) is 5. The highest BCUT2D eigenvalue weighted by Crippen LogP contribution is 2.18. The quantitative estimate of drug-likeness (QED) is 0.585. The smallest absolute Gasteiger partial charge is 0.326 e. The Labute approximate surface area is 176 Å². The average Bonchev–Trinajstić information content (AvgIpc) is 2.78. The standard InChI is InChI=1S/C23H28N2O5/c1-4-17(18-10-6-5-7-11-18)14-24-22(27)16(2)30-21(26)15-25-23(28)19-12-8-9-13-20(19)29-3/h5-13,16-17H,4,14-15H2,1-3H3,(H,24,27)(H,25,28)/t16-,17+/m0/s1. The maximum Gasteiger partial charge on any atom is 0.326 e. The van der Waals surface area contributed by atoms with Crippen molar-refractivity contribution in [2.75, 3.05) is 20.2 Å². The van der Waals surface area contributed by atoms with Crippen LogP contribution >= 0.6 is 0 Å². The van der Waals surface area contributed by atoms with Crippen molar-refractivity contribution in [3.63, 3.8) is 0 Å². The number of carbonyl (C=O) groups is 3. The van der Waals surface area contributed by atoms with Crippen molar-refractivity contribution in [2.45, 2.75) is 32.3 Å². The normalized spacial score (nSPS) is 12.4. The fraction of sp³-hybridized carbons (Fsp3) is 0.348. The van der Waals surface area contributed by atoms with E-state index < -0.39 is 18.0 Å². The van der Waals surface area contributed by atoms with Crippen LogP contribution in [0.1, 0.15) is 42.1 Å². The van der Waals surface area contributed by atoms with Crippen LogP contribution in [0.25, 0.3) is 0 Å². The first-order valence-electron chi connectivity index (χ1n) is 9.89. The van der Waals surface area contributed by atoms with Crippen molar-refractivity contribution in [2.24, 2.45) is 0 Å². The third kappa shape index (κ3) is 6.62. The number of hydrogen-bond donors (Lipinski definition) is 2. The lowest BCUT2D eigenvalue weighted by Crippen LogP contribution is -2.40. The van der Waals surface area contributed by atoms with E-state index in [1.54, 1.807) is 24.3 Å². The third-order valence-electron chi connectivity index (χ3n) is 4.71. The van der Waals surface area contributed by atoms with Crippen LogP contribution in [0, 0.1) is 0 Å². The lowest BCUT2D eigenvalue weighted by molar-refractivity contribution is -0.153. The third-order valence-corrected chi connectivity index (χ3v) is 4.71. The zero-order valence-corrected chi connectivity index (χ0v) is 17.5. The molecule has 0 fully saturated rings. The molecule has 0 unspecified atom stereocenters. The highest BCUT2D eigenvalue weighted by Gasteiger charge is 2.20. The molecule has 7 heteroatoms. The van der Waals surface area contributed by atoms with Crippen LogP contribution in [0.3, 0.4) is 0 Å². The first kappa shape index (κ1) is 22.9. The molecule has 30 heavy (non-hydrogen) atoms. The van der Waals surface area contributed by atoms with Crippen molar-refractivity contribution in [3.05, 3.63) is 65.7 Å². The van der Waals surface area contributed by atoms with Crippen LogP contribution in [-0.2, 0) is 14.3 Å². The van der Waals surface area contributed by atoms with Gasteiger partial charge in [-0.15, -0.1) is 0 Å². The molecule has 0 saturated carbocycles. The number of rotatable bonds is 10. The molecule has 0 aliphatic carbocycles. The summed E-state index contributed by atoms with van der Waals surface area (Å²) in [6.45, 7) is 3.65. The number of nitrogens with one attached hydrogen (secondary N) is 2. The summed E-state index contributed by atoms with van der Waals surface area (Å²) in [5, 5.41) is 5.30. The molecule has 0 bridgehead atoms. The van der Waals surface area contributed by atoms with Gasteiger partial charge < -0.3 is 20.1 Å². The zero-order valence-electron chi connectivity index (χ0n) is 17.5. The van der Waals surface area contributed by atoms with Gasteiger partial charge in [0.2, 0.25) is 0 Å². The van der Waals surface area contributed by atoms with E-state index in [0.29, 0.717) is 17.9 Å². The monoisotopic (exact) mass is 412 g/mol. The predicted octanol–water partition coefficient (Wildman–Crippen LogP) is 2.67. The van der Waals surface area contributed by atoms with Gasteiger partial charge in [-0.25, -0.2) is 0 Å². The van der Waals surface area contributed by atoms with Crippen LogP contribution in [0.4, 0.5) is 0 Å². The molecule has 0 aliphatic heterocycles. The number of esters is 1. The number of ether oxygens (including phenoxy) is 2. The van der Waals surface area contributed by atoms with Crippen LogP contribution in [0.15, 0.2) is 54.6 Å². The Bertz CT molecular complexity index is 854. The molecule has 0 spiro atoms. The lowest BCUT2D eigenvalue weighted by Gasteiger charge is -2.18. The second kappa shape index (κ2) is 11.6. The first-order chi connectivity index (χ1) is 14.5. The molecule has 2 atom stereocenters. The van der Waals surface area contributed by atoms with E-state index in [4.69, 9.17) is 9.47 Å². The molecule has 0 aromatic heterocycles. The number of amides is 2. The molecule has 0 heterocycles. The van der Waals surface area contributed by atoms with Gasteiger partial charge in [0.15, 0.2) is 6.10 Å². The summed E-state index contributed by atoms with van der Waals surface area (Å²) in [7, 11) is 1.46. The van der Waals surface area contributed by atoms with E-state index in [9.17, 15) is 14.4 Å².